The zero-order chi connectivity index (χ0) is 18.0. The molecule has 6 nitrogen and oxygen atoms in total. The highest BCUT2D eigenvalue weighted by Gasteiger charge is 2.45. The molecular formula is C18H19N3O3S. The van der Waals surface area contributed by atoms with Crippen LogP contribution in [0.1, 0.15) is 30.3 Å². The molecule has 1 fully saturated rings. The van der Waals surface area contributed by atoms with Crippen LogP contribution >= 0.6 is 11.3 Å². The summed E-state index contributed by atoms with van der Waals surface area (Å²) in [5.74, 6) is -0.788. The standard InChI is InChI=1S/C18H19N3O3S/c1-18(2)16(23)21(17(24)20-18)11-14(22)19-15(13-9-6-10-25-13)12-7-4-3-5-8-12/h3-10,15H,11H2,1-2H3,(H,19,22)(H,20,24)/t15-/m1/s1. The van der Waals surface area contributed by atoms with Crippen molar-refractivity contribution < 1.29 is 14.4 Å². The van der Waals surface area contributed by atoms with Gasteiger partial charge in [-0.2, -0.15) is 0 Å². The molecule has 1 atom stereocenters. The molecule has 0 aliphatic carbocycles. The monoisotopic (exact) mass is 357 g/mol. The molecule has 0 spiro atoms. The van der Waals surface area contributed by atoms with Gasteiger partial charge in [0.15, 0.2) is 0 Å². The summed E-state index contributed by atoms with van der Waals surface area (Å²) in [4.78, 5) is 38.6. The fraction of sp³-hybridized carbons (Fsp3) is 0.278. The smallest absolute Gasteiger partial charge is 0.325 e. The fourth-order valence-electron chi connectivity index (χ4n) is 2.73. The summed E-state index contributed by atoms with van der Waals surface area (Å²) in [7, 11) is 0. The SMILES string of the molecule is CC1(C)NC(=O)N(CC(=O)N[C@H](c2ccccc2)c2cccs2)C1=O. The van der Waals surface area contributed by atoms with E-state index in [9.17, 15) is 14.4 Å². The summed E-state index contributed by atoms with van der Waals surface area (Å²) in [6.45, 7) is 2.93. The molecule has 0 radical (unpaired) electrons. The van der Waals surface area contributed by atoms with Gasteiger partial charge < -0.3 is 10.6 Å². The molecule has 2 N–H and O–H groups in total. The van der Waals surface area contributed by atoms with Gasteiger partial charge >= 0.3 is 6.03 Å². The first-order valence-electron chi connectivity index (χ1n) is 7.90. The maximum atomic E-state index is 12.5. The molecule has 130 valence electrons. The Morgan fingerprint density at radius 2 is 1.92 bits per heavy atom. The van der Waals surface area contributed by atoms with Gasteiger partial charge in [-0.1, -0.05) is 36.4 Å². The van der Waals surface area contributed by atoms with Crippen LogP contribution in [0.3, 0.4) is 0 Å². The Morgan fingerprint density at radius 3 is 2.48 bits per heavy atom. The molecular weight excluding hydrogens is 338 g/mol. The topological polar surface area (TPSA) is 78.5 Å². The third kappa shape index (κ3) is 3.56. The predicted octanol–water partition coefficient (Wildman–Crippen LogP) is 2.28. The summed E-state index contributed by atoms with van der Waals surface area (Å²) in [5.41, 5.74) is -0.0416. The van der Waals surface area contributed by atoms with E-state index in [0.717, 1.165) is 15.3 Å². The third-order valence-corrected chi connectivity index (χ3v) is 4.95. The van der Waals surface area contributed by atoms with Crippen molar-refractivity contribution in [1.82, 2.24) is 15.5 Å². The molecule has 0 saturated carbocycles. The molecule has 25 heavy (non-hydrogen) atoms. The van der Waals surface area contributed by atoms with Crippen molar-refractivity contribution in [2.24, 2.45) is 0 Å². The van der Waals surface area contributed by atoms with Crippen molar-refractivity contribution in [2.75, 3.05) is 6.54 Å². The highest BCUT2D eigenvalue weighted by atomic mass is 32.1. The molecule has 3 rings (SSSR count). The van der Waals surface area contributed by atoms with E-state index >= 15 is 0 Å². The number of hydrogen-bond acceptors (Lipinski definition) is 4. The Balaban J connectivity index is 1.76. The predicted molar refractivity (Wildman–Crippen MR) is 95.1 cm³/mol. The van der Waals surface area contributed by atoms with E-state index in [1.807, 2.05) is 47.8 Å². The minimum absolute atomic E-state index is 0.303. The van der Waals surface area contributed by atoms with Gasteiger partial charge in [-0.05, 0) is 30.9 Å². The largest absolute Gasteiger partial charge is 0.343 e. The normalized spacial score (nSPS) is 17.3. The van der Waals surface area contributed by atoms with Gasteiger partial charge in [0.2, 0.25) is 5.91 Å². The summed E-state index contributed by atoms with van der Waals surface area (Å²) >= 11 is 1.54. The van der Waals surface area contributed by atoms with Crippen LogP contribution in [0.15, 0.2) is 47.8 Å². The van der Waals surface area contributed by atoms with Gasteiger partial charge in [0.1, 0.15) is 12.1 Å². The van der Waals surface area contributed by atoms with E-state index in [1.165, 1.54) is 11.3 Å². The maximum absolute atomic E-state index is 12.5. The molecule has 2 aromatic rings. The van der Waals surface area contributed by atoms with Crippen LogP contribution in [0.4, 0.5) is 4.79 Å². The first kappa shape index (κ1) is 17.2. The molecule has 1 aliphatic rings. The highest BCUT2D eigenvalue weighted by molar-refractivity contribution is 7.10. The van der Waals surface area contributed by atoms with Crippen LogP contribution in [0.2, 0.25) is 0 Å². The Kier molecular flexibility index (Phi) is 4.59. The van der Waals surface area contributed by atoms with Crippen LogP contribution in [-0.2, 0) is 9.59 Å². The van der Waals surface area contributed by atoms with Crippen molar-refractivity contribution in [3.05, 3.63) is 58.3 Å². The maximum Gasteiger partial charge on any atom is 0.325 e. The second-order valence-corrected chi connectivity index (χ2v) is 7.35. The Morgan fingerprint density at radius 1 is 1.20 bits per heavy atom. The Bertz CT molecular complexity index is 787. The lowest BCUT2D eigenvalue weighted by atomic mass is 10.1. The molecule has 0 unspecified atom stereocenters. The summed E-state index contributed by atoms with van der Waals surface area (Å²) < 4.78 is 0. The number of amides is 4. The third-order valence-electron chi connectivity index (χ3n) is 4.01. The van der Waals surface area contributed by atoms with Crippen molar-refractivity contribution in [1.29, 1.82) is 0 Å². The molecule has 0 bridgehead atoms. The van der Waals surface area contributed by atoms with E-state index in [0.29, 0.717) is 0 Å². The number of rotatable bonds is 5. The number of imide groups is 1. The van der Waals surface area contributed by atoms with Crippen LogP contribution in [-0.4, -0.2) is 34.8 Å². The molecule has 4 amide bonds. The average molecular weight is 357 g/mol. The molecule has 1 aromatic carbocycles. The van der Waals surface area contributed by atoms with Gasteiger partial charge in [-0.15, -0.1) is 11.3 Å². The van der Waals surface area contributed by atoms with E-state index in [4.69, 9.17) is 0 Å². The van der Waals surface area contributed by atoms with E-state index in [-0.39, 0.29) is 18.5 Å². The average Bonchev–Trinajstić information content (AvgIpc) is 3.17. The lowest BCUT2D eigenvalue weighted by Gasteiger charge is -2.20. The number of benzene rings is 1. The van der Waals surface area contributed by atoms with Gasteiger partial charge in [0.05, 0.1) is 6.04 Å². The quantitative estimate of drug-likeness (QED) is 0.806. The second-order valence-electron chi connectivity index (χ2n) is 6.37. The molecule has 1 saturated heterocycles. The second kappa shape index (κ2) is 6.68. The molecule has 1 aliphatic heterocycles. The number of nitrogens with zero attached hydrogens (tertiary/aromatic N) is 1. The van der Waals surface area contributed by atoms with Gasteiger partial charge in [0.25, 0.3) is 5.91 Å². The van der Waals surface area contributed by atoms with E-state index < -0.39 is 17.5 Å². The van der Waals surface area contributed by atoms with Gasteiger partial charge in [-0.3, -0.25) is 14.5 Å². The minimum atomic E-state index is -0.982. The number of thiophene rings is 1. The van der Waals surface area contributed by atoms with Crippen LogP contribution in [0, 0.1) is 0 Å². The summed E-state index contributed by atoms with van der Waals surface area (Å²) in [6.07, 6.45) is 0. The molecule has 1 aromatic heterocycles. The lowest BCUT2D eigenvalue weighted by Crippen LogP contribution is -2.43. The van der Waals surface area contributed by atoms with Crippen molar-refractivity contribution in [3.63, 3.8) is 0 Å². The minimum Gasteiger partial charge on any atom is -0.343 e. The fourth-order valence-corrected chi connectivity index (χ4v) is 3.53. The number of urea groups is 1. The molecule has 7 heteroatoms. The van der Waals surface area contributed by atoms with Crippen molar-refractivity contribution in [2.45, 2.75) is 25.4 Å². The number of carbonyl (C=O) groups excluding carboxylic acids is 3. The number of carbonyl (C=O) groups is 3. The van der Waals surface area contributed by atoms with E-state index in [1.54, 1.807) is 13.8 Å². The summed E-state index contributed by atoms with van der Waals surface area (Å²) in [5, 5.41) is 7.44. The highest BCUT2D eigenvalue weighted by Crippen LogP contribution is 2.26. The first-order chi connectivity index (χ1) is 11.9. The van der Waals surface area contributed by atoms with Crippen molar-refractivity contribution >= 4 is 29.2 Å². The summed E-state index contributed by atoms with van der Waals surface area (Å²) in [6, 6.07) is 12.6. The van der Waals surface area contributed by atoms with Crippen molar-refractivity contribution in [3.8, 4) is 0 Å². The lowest BCUT2D eigenvalue weighted by molar-refractivity contribution is -0.134. The zero-order valence-electron chi connectivity index (χ0n) is 14.0. The van der Waals surface area contributed by atoms with Crippen LogP contribution < -0.4 is 10.6 Å². The van der Waals surface area contributed by atoms with Crippen LogP contribution in [0.25, 0.3) is 0 Å². The number of hydrogen-bond donors (Lipinski definition) is 2. The Labute approximate surface area is 149 Å². The van der Waals surface area contributed by atoms with Gasteiger partial charge in [0, 0.05) is 4.88 Å². The molecule has 2 heterocycles. The zero-order valence-corrected chi connectivity index (χ0v) is 14.8. The van der Waals surface area contributed by atoms with E-state index in [2.05, 4.69) is 10.6 Å². The number of nitrogens with one attached hydrogen (secondary N) is 2. The van der Waals surface area contributed by atoms with Gasteiger partial charge in [-0.25, -0.2) is 4.79 Å². The Hall–Kier alpha value is -2.67. The van der Waals surface area contributed by atoms with Crippen LogP contribution in [0.5, 0.6) is 0 Å². The first-order valence-corrected chi connectivity index (χ1v) is 8.78.